The van der Waals surface area contributed by atoms with Crippen LogP contribution >= 0.6 is 11.3 Å². The first-order chi connectivity index (χ1) is 10.8. The van der Waals surface area contributed by atoms with Crippen molar-refractivity contribution in [3.05, 3.63) is 71.7 Å². The highest BCUT2D eigenvalue weighted by molar-refractivity contribution is 7.12. The quantitative estimate of drug-likeness (QED) is 0.543. The van der Waals surface area contributed by atoms with E-state index in [0.717, 1.165) is 23.1 Å². The summed E-state index contributed by atoms with van der Waals surface area (Å²) in [5, 5.41) is 14.8. The normalized spacial score (nSPS) is 11.0. The number of nitrogens with zero attached hydrogens (tertiary/aromatic N) is 3. The number of hydrogen-bond acceptors (Lipinski definition) is 4. The molecule has 4 nitrogen and oxygen atoms in total. The van der Waals surface area contributed by atoms with Gasteiger partial charge >= 0.3 is 5.13 Å². The molecular weight excluding hydrogens is 292 g/mol. The Morgan fingerprint density at radius 1 is 1.00 bits per heavy atom. The summed E-state index contributed by atoms with van der Waals surface area (Å²) in [6.45, 7) is 0.812. The number of rotatable bonds is 5. The summed E-state index contributed by atoms with van der Waals surface area (Å²) in [6, 6.07) is 18.3. The van der Waals surface area contributed by atoms with Crippen LogP contribution in [0, 0.1) is 0 Å². The predicted molar refractivity (Wildman–Crippen MR) is 89.9 cm³/mol. The maximum absolute atomic E-state index is 4.26. The van der Waals surface area contributed by atoms with E-state index in [4.69, 9.17) is 0 Å². The Morgan fingerprint density at radius 3 is 2.45 bits per heavy atom. The number of benzene rings is 2. The van der Waals surface area contributed by atoms with Gasteiger partial charge in [0.05, 0.1) is 12.2 Å². The average molecular weight is 309 g/mol. The molecule has 0 amide bonds. The lowest BCUT2D eigenvalue weighted by molar-refractivity contribution is -0.654. The highest BCUT2D eigenvalue weighted by Gasteiger charge is 2.06. The largest absolute Gasteiger partial charge is 0.408 e. The van der Waals surface area contributed by atoms with Crippen LogP contribution in [0.15, 0.2) is 76.4 Å². The number of nitrogens with one attached hydrogen (secondary N) is 1. The van der Waals surface area contributed by atoms with Crippen molar-refractivity contribution in [3.8, 4) is 0 Å². The van der Waals surface area contributed by atoms with Gasteiger partial charge in [-0.3, -0.25) is 0 Å². The van der Waals surface area contributed by atoms with E-state index in [0.29, 0.717) is 0 Å². The van der Waals surface area contributed by atoms with E-state index >= 15 is 0 Å². The molecule has 5 heteroatoms. The second-order valence-electron chi connectivity index (χ2n) is 4.88. The molecule has 0 unspecified atom stereocenters. The monoisotopic (exact) mass is 309 g/mol. The minimum absolute atomic E-state index is 0.812. The maximum Gasteiger partial charge on any atom is 0.408 e. The lowest BCUT2D eigenvalue weighted by Crippen LogP contribution is -2.23. The molecule has 3 aromatic rings. The van der Waals surface area contributed by atoms with Crippen LogP contribution in [0.5, 0.6) is 0 Å². The first kappa shape index (κ1) is 14.4. The molecule has 1 heterocycles. The first-order valence-corrected chi connectivity index (χ1v) is 7.92. The van der Waals surface area contributed by atoms with E-state index in [1.54, 1.807) is 11.3 Å². The maximum atomic E-state index is 4.26. The van der Waals surface area contributed by atoms with Gasteiger partial charge < -0.3 is 5.32 Å². The number of aromatic nitrogens is 1. The molecule has 0 aliphatic heterocycles. The van der Waals surface area contributed by atoms with Gasteiger partial charge in [-0.1, -0.05) is 30.3 Å². The van der Waals surface area contributed by atoms with Crippen LogP contribution in [0.1, 0.15) is 5.56 Å². The van der Waals surface area contributed by atoms with Gasteiger partial charge in [-0.05, 0) is 46.3 Å². The van der Waals surface area contributed by atoms with Crippen molar-refractivity contribution in [2.24, 2.45) is 17.3 Å². The van der Waals surface area contributed by atoms with Gasteiger partial charge in [0, 0.05) is 17.6 Å². The summed E-state index contributed by atoms with van der Waals surface area (Å²) in [4.78, 5) is 0. The Bertz CT molecular complexity index is 748. The van der Waals surface area contributed by atoms with Gasteiger partial charge in [0.1, 0.15) is 11.9 Å². The number of hydrogen-bond donors (Lipinski definition) is 1. The highest BCUT2D eigenvalue weighted by Crippen LogP contribution is 2.20. The molecule has 2 aromatic carbocycles. The number of azo groups is 1. The number of anilines is 1. The van der Waals surface area contributed by atoms with Crippen molar-refractivity contribution in [1.29, 1.82) is 0 Å². The molecule has 1 N–H and O–H groups in total. The van der Waals surface area contributed by atoms with E-state index in [1.165, 1.54) is 5.56 Å². The molecule has 3 rings (SSSR count). The van der Waals surface area contributed by atoms with Gasteiger partial charge in [0.15, 0.2) is 0 Å². The summed E-state index contributed by atoms with van der Waals surface area (Å²) >= 11 is 1.57. The van der Waals surface area contributed by atoms with Gasteiger partial charge in [-0.15, -0.1) is 0 Å². The topological polar surface area (TPSA) is 40.6 Å². The zero-order valence-corrected chi connectivity index (χ0v) is 13.1. The second kappa shape index (κ2) is 6.95. The summed E-state index contributed by atoms with van der Waals surface area (Å²) in [5.41, 5.74) is 3.18. The van der Waals surface area contributed by atoms with Crippen molar-refractivity contribution >= 4 is 27.8 Å². The molecule has 0 saturated carbocycles. The fourth-order valence-electron chi connectivity index (χ4n) is 1.97. The fourth-order valence-corrected chi connectivity index (χ4v) is 2.65. The third kappa shape index (κ3) is 3.77. The molecule has 0 bridgehead atoms. The fraction of sp³-hybridized carbons (Fsp3) is 0.118. The molecule has 0 fully saturated rings. The minimum atomic E-state index is 0.812. The standard InChI is InChI=1S/C17H16N4S/c1-21-11-12-22-17(21)20-19-16-9-7-15(8-10-16)18-13-14-5-3-2-4-6-14/h2-12H,13H2,1H3/p+1. The van der Waals surface area contributed by atoms with Gasteiger partial charge in [0.2, 0.25) is 0 Å². The Morgan fingerprint density at radius 2 is 1.77 bits per heavy atom. The first-order valence-electron chi connectivity index (χ1n) is 7.04. The Hall–Kier alpha value is -2.53. The molecule has 1 aromatic heterocycles. The van der Waals surface area contributed by atoms with E-state index in [2.05, 4.69) is 27.7 Å². The SMILES string of the molecule is C[n+]1ccsc1N=Nc1ccc(NCc2ccccc2)cc1. The summed E-state index contributed by atoms with van der Waals surface area (Å²) < 4.78 is 1.95. The van der Waals surface area contributed by atoms with Crippen LogP contribution in [0.4, 0.5) is 16.5 Å². The smallest absolute Gasteiger partial charge is 0.381 e. The van der Waals surface area contributed by atoms with Gasteiger partial charge in [0.25, 0.3) is 0 Å². The second-order valence-corrected chi connectivity index (χ2v) is 5.76. The van der Waals surface area contributed by atoms with E-state index < -0.39 is 0 Å². The molecule has 0 radical (unpaired) electrons. The third-order valence-corrected chi connectivity index (χ3v) is 4.06. The van der Waals surface area contributed by atoms with Crippen molar-refractivity contribution in [3.63, 3.8) is 0 Å². The van der Waals surface area contributed by atoms with Crippen LogP contribution in [-0.2, 0) is 13.6 Å². The van der Waals surface area contributed by atoms with Crippen molar-refractivity contribution < 1.29 is 4.57 Å². The Kier molecular flexibility index (Phi) is 4.56. The van der Waals surface area contributed by atoms with Gasteiger partial charge in [-0.2, -0.15) is 0 Å². The average Bonchev–Trinajstić information content (AvgIpc) is 2.98. The van der Waals surface area contributed by atoms with Crippen LogP contribution in [0.25, 0.3) is 0 Å². The molecule has 0 aliphatic rings. The Balaban J connectivity index is 1.61. The summed E-state index contributed by atoms with van der Waals surface area (Å²) in [7, 11) is 1.96. The molecule has 0 aliphatic carbocycles. The molecule has 0 atom stereocenters. The van der Waals surface area contributed by atoms with Crippen molar-refractivity contribution in [2.45, 2.75) is 6.54 Å². The minimum Gasteiger partial charge on any atom is -0.381 e. The van der Waals surface area contributed by atoms with Gasteiger partial charge in [-0.25, -0.2) is 4.57 Å². The predicted octanol–water partition coefficient (Wildman–Crippen LogP) is 4.60. The number of aryl methyl sites for hydroxylation is 1. The van der Waals surface area contributed by atoms with Crippen molar-refractivity contribution in [1.82, 2.24) is 0 Å². The summed E-state index contributed by atoms with van der Waals surface area (Å²) in [5.74, 6) is 0. The number of thiazole rings is 1. The van der Waals surface area contributed by atoms with Crippen LogP contribution in [0.2, 0.25) is 0 Å². The summed E-state index contributed by atoms with van der Waals surface area (Å²) in [6.07, 6.45) is 1.97. The molecule has 0 spiro atoms. The highest BCUT2D eigenvalue weighted by atomic mass is 32.1. The van der Waals surface area contributed by atoms with E-state index in [-0.39, 0.29) is 0 Å². The van der Waals surface area contributed by atoms with E-state index in [1.807, 2.05) is 65.7 Å². The lowest BCUT2D eigenvalue weighted by atomic mass is 10.2. The Labute approximate surface area is 133 Å². The molecule has 0 saturated heterocycles. The van der Waals surface area contributed by atoms with E-state index in [9.17, 15) is 0 Å². The van der Waals surface area contributed by atoms with Crippen LogP contribution < -0.4 is 9.88 Å². The van der Waals surface area contributed by atoms with Crippen LogP contribution in [0.3, 0.4) is 0 Å². The third-order valence-electron chi connectivity index (χ3n) is 3.22. The van der Waals surface area contributed by atoms with Crippen molar-refractivity contribution in [2.75, 3.05) is 5.32 Å². The lowest BCUT2D eigenvalue weighted by Gasteiger charge is -2.05. The van der Waals surface area contributed by atoms with Crippen LogP contribution in [-0.4, -0.2) is 0 Å². The zero-order chi connectivity index (χ0) is 15.2. The molecule has 22 heavy (non-hydrogen) atoms. The zero-order valence-electron chi connectivity index (χ0n) is 12.3. The molecular formula is C17H17N4S+. The molecule has 110 valence electrons.